The molecule has 2 rings (SSSR count). The van der Waals surface area contributed by atoms with Crippen LogP contribution < -0.4 is 5.32 Å². The molecule has 0 aliphatic carbocycles. The Morgan fingerprint density at radius 1 is 1.17 bits per heavy atom. The minimum Gasteiger partial charge on any atom is -0.286 e. The summed E-state index contributed by atoms with van der Waals surface area (Å²) in [6.45, 7) is 0. The summed E-state index contributed by atoms with van der Waals surface area (Å²) in [4.78, 5) is 22.3. The highest BCUT2D eigenvalue weighted by Crippen LogP contribution is 2.24. The number of unbranched alkanes of at least 4 members (excludes halogenated alkanes) is 1. The van der Waals surface area contributed by atoms with Gasteiger partial charge >= 0.3 is 0 Å². The summed E-state index contributed by atoms with van der Waals surface area (Å²) in [6.07, 6.45) is 3.70. The number of carbonyl (C=O) groups excluding carboxylic acids is 2. The van der Waals surface area contributed by atoms with Crippen molar-refractivity contribution in [3.8, 4) is 0 Å². The topological polar surface area (TPSA) is 46.2 Å². The standard InChI is InChI=1S/C13H14ClNO2S/c14-10-7-5-9(6-8-10)3-1-2-4-11-12(16)15-13(17)18-11/h5-8,11H,1-4H2,(H,15,16,17). The van der Waals surface area contributed by atoms with Gasteiger partial charge in [-0.1, -0.05) is 41.9 Å². The number of imide groups is 1. The summed E-state index contributed by atoms with van der Waals surface area (Å²) < 4.78 is 0. The maximum atomic E-state index is 11.3. The number of amides is 2. The lowest BCUT2D eigenvalue weighted by Gasteiger charge is -2.05. The minimum absolute atomic E-state index is 0.142. The van der Waals surface area contributed by atoms with Gasteiger partial charge < -0.3 is 0 Å². The van der Waals surface area contributed by atoms with Crippen molar-refractivity contribution in [2.24, 2.45) is 0 Å². The molecule has 18 heavy (non-hydrogen) atoms. The summed E-state index contributed by atoms with van der Waals surface area (Å²) in [5, 5.41) is 2.64. The van der Waals surface area contributed by atoms with E-state index in [0.717, 1.165) is 42.5 Å². The Bertz CT molecular complexity index is 447. The average Bonchev–Trinajstić information content (AvgIpc) is 2.66. The fourth-order valence-electron chi connectivity index (χ4n) is 1.89. The van der Waals surface area contributed by atoms with Gasteiger partial charge in [0.2, 0.25) is 5.91 Å². The molecular weight excluding hydrogens is 270 g/mol. The SMILES string of the molecule is O=C1NC(=O)C(CCCCc2ccc(Cl)cc2)S1. The molecule has 1 unspecified atom stereocenters. The number of aryl methyl sites for hydroxylation is 1. The summed E-state index contributed by atoms with van der Waals surface area (Å²) in [7, 11) is 0. The fourth-order valence-corrected chi connectivity index (χ4v) is 2.89. The van der Waals surface area contributed by atoms with Gasteiger partial charge in [-0.3, -0.25) is 14.9 Å². The molecular formula is C13H14ClNO2S. The molecule has 1 aliphatic heterocycles. The zero-order valence-electron chi connectivity index (χ0n) is 9.82. The predicted octanol–water partition coefficient (Wildman–Crippen LogP) is 3.40. The molecule has 0 spiro atoms. The Morgan fingerprint density at radius 2 is 1.89 bits per heavy atom. The molecule has 1 aliphatic rings. The van der Waals surface area contributed by atoms with Crippen LogP contribution in [0.4, 0.5) is 4.79 Å². The molecule has 5 heteroatoms. The largest absolute Gasteiger partial charge is 0.286 e. The first-order valence-electron chi connectivity index (χ1n) is 5.91. The monoisotopic (exact) mass is 283 g/mol. The molecule has 3 nitrogen and oxygen atoms in total. The average molecular weight is 284 g/mol. The predicted molar refractivity (Wildman–Crippen MR) is 73.9 cm³/mol. The van der Waals surface area contributed by atoms with Gasteiger partial charge in [-0.25, -0.2) is 0 Å². The highest BCUT2D eigenvalue weighted by molar-refractivity contribution is 8.15. The van der Waals surface area contributed by atoms with Crippen molar-refractivity contribution in [2.45, 2.75) is 30.9 Å². The van der Waals surface area contributed by atoms with Crippen LogP contribution in [0.25, 0.3) is 0 Å². The lowest BCUT2D eigenvalue weighted by Crippen LogP contribution is -2.24. The number of hydrogen-bond donors (Lipinski definition) is 1. The third-order valence-electron chi connectivity index (χ3n) is 2.86. The fraction of sp³-hybridized carbons (Fsp3) is 0.385. The van der Waals surface area contributed by atoms with Crippen LogP contribution in [0.3, 0.4) is 0 Å². The van der Waals surface area contributed by atoms with Gasteiger partial charge in [0.1, 0.15) is 0 Å². The maximum Gasteiger partial charge on any atom is 0.286 e. The van der Waals surface area contributed by atoms with Crippen LogP contribution >= 0.6 is 23.4 Å². The molecule has 96 valence electrons. The number of hydrogen-bond acceptors (Lipinski definition) is 3. The van der Waals surface area contributed by atoms with Crippen LogP contribution in [0.5, 0.6) is 0 Å². The molecule has 0 radical (unpaired) electrons. The lowest BCUT2D eigenvalue weighted by atomic mass is 10.1. The first-order valence-corrected chi connectivity index (χ1v) is 7.17. The van der Waals surface area contributed by atoms with E-state index in [-0.39, 0.29) is 16.4 Å². The molecule has 1 atom stereocenters. The number of nitrogens with one attached hydrogen (secondary N) is 1. The quantitative estimate of drug-likeness (QED) is 0.843. The second-order valence-electron chi connectivity index (χ2n) is 4.26. The summed E-state index contributed by atoms with van der Waals surface area (Å²) in [5.41, 5.74) is 1.25. The molecule has 0 saturated carbocycles. The van der Waals surface area contributed by atoms with Gasteiger partial charge in [0.05, 0.1) is 5.25 Å². The third-order valence-corrected chi connectivity index (χ3v) is 4.16. The van der Waals surface area contributed by atoms with Crippen LogP contribution in [0.2, 0.25) is 5.02 Å². The number of halogens is 1. The molecule has 1 fully saturated rings. The van der Waals surface area contributed by atoms with E-state index in [1.165, 1.54) is 5.56 Å². The van der Waals surface area contributed by atoms with Gasteiger partial charge in [-0.15, -0.1) is 0 Å². The van der Waals surface area contributed by atoms with Gasteiger partial charge in [0.25, 0.3) is 5.24 Å². The normalized spacial score (nSPS) is 19.1. The highest BCUT2D eigenvalue weighted by Gasteiger charge is 2.30. The van der Waals surface area contributed by atoms with Gasteiger partial charge in [0, 0.05) is 5.02 Å². The van der Waals surface area contributed by atoms with Crippen molar-refractivity contribution in [3.63, 3.8) is 0 Å². The van der Waals surface area contributed by atoms with Crippen LogP contribution in [-0.4, -0.2) is 16.4 Å². The van der Waals surface area contributed by atoms with E-state index in [2.05, 4.69) is 5.32 Å². The Hall–Kier alpha value is -1.000. The van der Waals surface area contributed by atoms with E-state index in [9.17, 15) is 9.59 Å². The van der Waals surface area contributed by atoms with Gasteiger partial charge in [-0.2, -0.15) is 0 Å². The van der Waals surface area contributed by atoms with Crippen molar-refractivity contribution >= 4 is 34.5 Å². The van der Waals surface area contributed by atoms with E-state index in [1.807, 2.05) is 24.3 Å². The van der Waals surface area contributed by atoms with Gasteiger partial charge in [-0.05, 0) is 37.0 Å². The zero-order valence-corrected chi connectivity index (χ0v) is 11.4. The molecule has 0 bridgehead atoms. The number of benzene rings is 1. The van der Waals surface area contributed by atoms with Crippen LogP contribution in [0, 0.1) is 0 Å². The van der Waals surface area contributed by atoms with E-state index in [1.54, 1.807) is 0 Å². The smallest absolute Gasteiger partial charge is 0.286 e. The minimum atomic E-state index is -0.220. The van der Waals surface area contributed by atoms with E-state index in [0.29, 0.717) is 0 Å². The summed E-state index contributed by atoms with van der Waals surface area (Å²) >= 11 is 6.91. The molecule has 1 aromatic carbocycles. The molecule has 1 saturated heterocycles. The molecule has 2 amide bonds. The maximum absolute atomic E-state index is 11.3. The molecule has 1 N–H and O–H groups in total. The van der Waals surface area contributed by atoms with E-state index in [4.69, 9.17) is 11.6 Å². The second kappa shape index (κ2) is 6.25. The van der Waals surface area contributed by atoms with Crippen LogP contribution in [-0.2, 0) is 11.2 Å². The summed E-state index contributed by atoms with van der Waals surface area (Å²) in [5.74, 6) is -0.142. The molecule has 1 heterocycles. The zero-order chi connectivity index (χ0) is 13.0. The third kappa shape index (κ3) is 3.75. The Balaban J connectivity index is 1.68. The van der Waals surface area contributed by atoms with Crippen molar-refractivity contribution in [3.05, 3.63) is 34.9 Å². The molecule has 0 aromatic heterocycles. The second-order valence-corrected chi connectivity index (χ2v) is 5.87. The summed E-state index contributed by atoms with van der Waals surface area (Å²) in [6, 6.07) is 7.80. The first-order chi connectivity index (χ1) is 8.65. The Kier molecular flexibility index (Phi) is 4.66. The Morgan fingerprint density at radius 3 is 2.50 bits per heavy atom. The van der Waals surface area contributed by atoms with Crippen molar-refractivity contribution < 1.29 is 9.59 Å². The van der Waals surface area contributed by atoms with Crippen molar-refractivity contribution in [2.75, 3.05) is 0 Å². The number of rotatable bonds is 5. The Labute approximate surface area is 115 Å². The van der Waals surface area contributed by atoms with Crippen LogP contribution in [0.1, 0.15) is 24.8 Å². The number of carbonyl (C=O) groups is 2. The highest BCUT2D eigenvalue weighted by atomic mass is 35.5. The lowest BCUT2D eigenvalue weighted by molar-refractivity contribution is -0.119. The first kappa shape index (κ1) is 13.4. The van der Waals surface area contributed by atoms with Crippen molar-refractivity contribution in [1.82, 2.24) is 5.32 Å². The van der Waals surface area contributed by atoms with Crippen LogP contribution in [0.15, 0.2) is 24.3 Å². The number of thioether (sulfide) groups is 1. The molecule has 1 aromatic rings. The van der Waals surface area contributed by atoms with Gasteiger partial charge in [0.15, 0.2) is 0 Å². The van der Waals surface area contributed by atoms with E-state index < -0.39 is 0 Å². The van der Waals surface area contributed by atoms with E-state index >= 15 is 0 Å². The van der Waals surface area contributed by atoms with Crippen molar-refractivity contribution in [1.29, 1.82) is 0 Å².